The lowest BCUT2D eigenvalue weighted by Gasteiger charge is -2.32. The maximum absolute atomic E-state index is 12.8. The van der Waals surface area contributed by atoms with Crippen molar-refractivity contribution >= 4 is 0 Å². The molecule has 1 fully saturated rings. The van der Waals surface area contributed by atoms with Gasteiger partial charge in [0.2, 0.25) is 0 Å². The zero-order valence-corrected chi connectivity index (χ0v) is 11.6. The minimum Gasteiger partial charge on any atom is -0.384 e. The summed E-state index contributed by atoms with van der Waals surface area (Å²) >= 11 is 0. The first kappa shape index (κ1) is 17.1. The van der Waals surface area contributed by atoms with Crippen molar-refractivity contribution in [1.29, 1.82) is 0 Å². The van der Waals surface area contributed by atoms with E-state index in [9.17, 15) is 31.4 Å². The van der Waals surface area contributed by atoms with Crippen LogP contribution in [0.25, 0.3) is 0 Å². The van der Waals surface area contributed by atoms with Crippen LogP contribution < -0.4 is 5.32 Å². The molecule has 1 saturated heterocycles. The standard InChI is InChI=1S/C14H15F6NO/c1-12(22,11-3-2-4-21-11)8-5-9(13(15,16)17)7-10(6-8)14(18,19)20/h5-7,11,21-22H,2-4H2,1H3/t11-,12+/m0/s1. The fourth-order valence-electron chi connectivity index (χ4n) is 2.61. The maximum atomic E-state index is 12.8. The summed E-state index contributed by atoms with van der Waals surface area (Å²) in [6.45, 7) is 1.79. The van der Waals surface area contributed by atoms with E-state index in [4.69, 9.17) is 0 Å². The number of nitrogens with one attached hydrogen (secondary N) is 1. The number of alkyl halides is 6. The molecule has 124 valence electrons. The van der Waals surface area contributed by atoms with Crippen LogP contribution in [-0.2, 0) is 18.0 Å². The number of halogens is 6. The first-order valence-corrected chi connectivity index (χ1v) is 6.68. The van der Waals surface area contributed by atoms with Gasteiger partial charge in [-0.2, -0.15) is 26.3 Å². The van der Waals surface area contributed by atoms with Crippen molar-refractivity contribution in [3.8, 4) is 0 Å². The van der Waals surface area contributed by atoms with Gasteiger partial charge in [-0.3, -0.25) is 0 Å². The predicted molar refractivity (Wildman–Crippen MR) is 67.0 cm³/mol. The second-order valence-corrected chi connectivity index (χ2v) is 5.59. The number of hydrogen-bond acceptors (Lipinski definition) is 2. The molecule has 1 aliphatic rings. The maximum Gasteiger partial charge on any atom is 0.416 e. The van der Waals surface area contributed by atoms with E-state index in [0.29, 0.717) is 31.5 Å². The third-order valence-electron chi connectivity index (χ3n) is 3.91. The van der Waals surface area contributed by atoms with Gasteiger partial charge in [-0.1, -0.05) is 0 Å². The van der Waals surface area contributed by atoms with Crippen LogP contribution in [0.3, 0.4) is 0 Å². The molecule has 0 saturated carbocycles. The van der Waals surface area contributed by atoms with Gasteiger partial charge < -0.3 is 10.4 Å². The van der Waals surface area contributed by atoms with Crippen LogP contribution in [0.4, 0.5) is 26.3 Å². The van der Waals surface area contributed by atoms with Gasteiger partial charge in [-0.15, -0.1) is 0 Å². The summed E-state index contributed by atoms with van der Waals surface area (Å²) in [6.07, 6.45) is -8.67. The van der Waals surface area contributed by atoms with E-state index >= 15 is 0 Å². The van der Waals surface area contributed by atoms with E-state index in [1.165, 1.54) is 6.92 Å². The van der Waals surface area contributed by atoms with Crippen LogP contribution in [0.15, 0.2) is 18.2 Å². The quantitative estimate of drug-likeness (QED) is 0.812. The Balaban J connectivity index is 2.55. The van der Waals surface area contributed by atoms with Gasteiger partial charge >= 0.3 is 12.4 Å². The molecular formula is C14H15F6NO. The Morgan fingerprint density at radius 3 is 1.77 bits per heavy atom. The van der Waals surface area contributed by atoms with Crippen LogP contribution in [0.5, 0.6) is 0 Å². The van der Waals surface area contributed by atoms with Gasteiger partial charge in [0.25, 0.3) is 0 Å². The summed E-state index contributed by atoms with van der Waals surface area (Å²) in [5.74, 6) is 0. The number of rotatable bonds is 2. The smallest absolute Gasteiger partial charge is 0.384 e. The molecule has 8 heteroatoms. The zero-order valence-electron chi connectivity index (χ0n) is 11.6. The fourth-order valence-corrected chi connectivity index (χ4v) is 2.61. The Hall–Kier alpha value is -1.28. The van der Waals surface area contributed by atoms with Gasteiger partial charge in [0.1, 0.15) is 5.60 Å². The Kier molecular flexibility index (Phi) is 4.20. The zero-order chi connectivity index (χ0) is 16.8. The molecule has 2 N–H and O–H groups in total. The van der Waals surface area contributed by atoms with Crippen molar-refractivity contribution in [2.45, 2.75) is 43.8 Å². The highest BCUT2D eigenvalue weighted by Gasteiger charge is 2.41. The highest BCUT2D eigenvalue weighted by atomic mass is 19.4. The largest absolute Gasteiger partial charge is 0.416 e. The lowest BCUT2D eigenvalue weighted by molar-refractivity contribution is -0.143. The molecule has 0 spiro atoms. The summed E-state index contributed by atoms with van der Waals surface area (Å²) in [4.78, 5) is 0. The van der Waals surface area contributed by atoms with Gasteiger partial charge in [-0.05, 0) is 50.1 Å². The molecule has 22 heavy (non-hydrogen) atoms. The molecule has 1 aromatic carbocycles. The van der Waals surface area contributed by atoms with Crippen LogP contribution >= 0.6 is 0 Å². The SMILES string of the molecule is C[C@@](O)(c1cc(C(F)(F)F)cc(C(F)(F)F)c1)[C@@H]1CCCN1. The van der Waals surface area contributed by atoms with Gasteiger partial charge in [-0.25, -0.2) is 0 Å². The third-order valence-corrected chi connectivity index (χ3v) is 3.91. The molecule has 1 heterocycles. The van der Waals surface area contributed by atoms with Crippen molar-refractivity contribution in [2.75, 3.05) is 6.54 Å². The molecule has 0 amide bonds. The molecule has 1 aliphatic heterocycles. The average Bonchev–Trinajstić information content (AvgIpc) is 2.90. The second kappa shape index (κ2) is 5.42. The minimum atomic E-state index is -4.92. The molecule has 0 aromatic heterocycles. The highest BCUT2D eigenvalue weighted by Crippen LogP contribution is 2.39. The molecule has 2 rings (SSSR count). The van der Waals surface area contributed by atoms with Crippen LogP contribution in [0.2, 0.25) is 0 Å². The van der Waals surface area contributed by atoms with Crippen molar-refractivity contribution in [1.82, 2.24) is 5.32 Å². The second-order valence-electron chi connectivity index (χ2n) is 5.59. The van der Waals surface area contributed by atoms with E-state index in [1.54, 1.807) is 0 Å². The Morgan fingerprint density at radius 2 is 1.41 bits per heavy atom. The molecule has 0 unspecified atom stereocenters. The third kappa shape index (κ3) is 3.38. The first-order valence-electron chi connectivity index (χ1n) is 6.68. The normalized spacial score (nSPS) is 22.6. The molecule has 0 bridgehead atoms. The fraction of sp³-hybridized carbons (Fsp3) is 0.571. The lowest BCUT2D eigenvalue weighted by atomic mass is 9.85. The molecular weight excluding hydrogens is 312 g/mol. The van der Waals surface area contributed by atoms with Crippen LogP contribution in [0.1, 0.15) is 36.5 Å². The topological polar surface area (TPSA) is 32.3 Å². The molecule has 2 nitrogen and oxygen atoms in total. The Morgan fingerprint density at radius 1 is 0.955 bits per heavy atom. The van der Waals surface area contributed by atoms with E-state index in [0.717, 1.165) is 0 Å². The van der Waals surface area contributed by atoms with E-state index in [2.05, 4.69) is 5.32 Å². The summed E-state index contributed by atoms with van der Waals surface area (Å²) in [5, 5.41) is 13.4. The molecule has 0 radical (unpaired) electrons. The van der Waals surface area contributed by atoms with Gasteiger partial charge in [0, 0.05) is 6.04 Å². The van der Waals surface area contributed by atoms with Gasteiger partial charge in [0.15, 0.2) is 0 Å². The Labute approximate surface area is 123 Å². The van der Waals surface area contributed by atoms with Crippen molar-refractivity contribution in [3.63, 3.8) is 0 Å². The lowest BCUT2D eigenvalue weighted by Crippen LogP contribution is -2.43. The van der Waals surface area contributed by atoms with Crippen molar-refractivity contribution < 1.29 is 31.4 Å². The van der Waals surface area contributed by atoms with Crippen LogP contribution in [0, 0.1) is 0 Å². The number of benzene rings is 1. The van der Waals surface area contributed by atoms with E-state index < -0.39 is 40.7 Å². The summed E-state index contributed by atoms with van der Waals surface area (Å²) in [7, 11) is 0. The molecule has 1 aromatic rings. The molecule has 2 atom stereocenters. The van der Waals surface area contributed by atoms with Crippen molar-refractivity contribution in [2.24, 2.45) is 0 Å². The number of aliphatic hydroxyl groups is 1. The Bertz CT molecular complexity index is 511. The predicted octanol–water partition coefficient (Wildman–Crippen LogP) is 3.68. The van der Waals surface area contributed by atoms with E-state index in [-0.39, 0.29) is 6.07 Å². The summed E-state index contributed by atoms with van der Waals surface area (Å²) in [5.41, 5.74) is -5.06. The first-order chi connectivity index (χ1) is 9.92. The van der Waals surface area contributed by atoms with Crippen molar-refractivity contribution in [3.05, 3.63) is 34.9 Å². The van der Waals surface area contributed by atoms with Gasteiger partial charge in [0.05, 0.1) is 11.1 Å². The highest BCUT2D eigenvalue weighted by molar-refractivity contribution is 5.37. The monoisotopic (exact) mass is 327 g/mol. The summed E-state index contributed by atoms with van der Waals surface area (Å²) < 4.78 is 77.0. The summed E-state index contributed by atoms with van der Waals surface area (Å²) in [6, 6.07) is 0.628. The molecule has 0 aliphatic carbocycles. The average molecular weight is 327 g/mol. The van der Waals surface area contributed by atoms with E-state index in [1.807, 2.05) is 0 Å². The minimum absolute atomic E-state index is 0.0572. The number of hydrogen-bond donors (Lipinski definition) is 2. The van der Waals surface area contributed by atoms with Crippen LogP contribution in [-0.4, -0.2) is 17.7 Å².